The van der Waals surface area contributed by atoms with E-state index in [4.69, 9.17) is 10.2 Å². The molecule has 19 heavy (non-hydrogen) atoms. The molecule has 5 nitrogen and oxygen atoms in total. The Bertz CT molecular complexity index is 543. The maximum atomic E-state index is 11.7. The fraction of sp³-hybridized carbons (Fsp3) is 0.333. The van der Waals surface area contributed by atoms with Crippen LogP contribution in [0.5, 0.6) is 0 Å². The van der Waals surface area contributed by atoms with Gasteiger partial charge in [0, 0.05) is 18.3 Å². The monoisotopic (exact) mass is 305 g/mol. The van der Waals surface area contributed by atoms with Gasteiger partial charge in [0.25, 0.3) is 5.91 Å². The van der Waals surface area contributed by atoms with Crippen LogP contribution in [0, 0.1) is 6.92 Å². The molecule has 0 aliphatic rings. The molecule has 0 spiro atoms. The van der Waals surface area contributed by atoms with E-state index in [1.54, 1.807) is 6.07 Å². The summed E-state index contributed by atoms with van der Waals surface area (Å²) in [5, 5.41) is 2.73. The quantitative estimate of drug-likeness (QED) is 0.847. The minimum absolute atomic E-state index is 0. The Labute approximate surface area is 123 Å². The molecule has 1 amide bonds. The third kappa shape index (κ3) is 4.38. The predicted octanol–water partition coefficient (Wildman–Crippen LogP) is 2.06. The van der Waals surface area contributed by atoms with Crippen molar-refractivity contribution in [3.8, 4) is 0 Å². The number of furan rings is 1. The van der Waals surface area contributed by atoms with Gasteiger partial charge in [0.15, 0.2) is 11.3 Å². The fourth-order valence-electron chi connectivity index (χ4n) is 1.53. The average molecular weight is 306 g/mol. The maximum absolute atomic E-state index is 11.7. The van der Waals surface area contributed by atoms with Crippen molar-refractivity contribution in [3.05, 3.63) is 29.7 Å². The summed E-state index contributed by atoms with van der Waals surface area (Å²) < 4.78 is 5.41. The highest BCUT2D eigenvalue weighted by Gasteiger charge is 2.12. The van der Waals surface area contributed by atoms with Gasteiger partial charge in [0.05, 0.1) is 0 Å². The van der Waals surface area contributed by atoms with Crippen molar-refractivity contribution in [2.75, 3.05) is 13.1 Å². The topological polar surface area (TPSA) is 81.2 Å². The number of nitrogens with zero attached hydrogens (tertiary/aromatic N) is 1. The van der Waals surface area contributed by atoms with Crippen LogP contribution in [0.1, 0.15) is 22.7 Å². The molecule has 0 unspecified atom stereocenters. The molecular weight excluding hydrogens is 289 g/mol. The number of nitrogens with one attached hydrogen (secondary N) is 1. The number of aryl methyl sites for hydroxylation is 1. The van der Waals surface area contributed by atoms with E-state index < -0.39 is 0 Å². The average Bonchev–Trinajstić information content (AvgIpc) is 2.72. The Kier molecular flexibility index (Phi) is 7.44. The summed E-state index contributed by atoms with van der Waals surface area (Å²) >= 11 is 0. The van der Waals surface area contributed by atoms with Crippen molar-refractivity contribution in [1.29, 1.82) is 0 Å². The number of fused-ring (bicyclic) bond motifs is 1. The number of nitrogens with two attached hydrogens (primary N) is 1. The Morgan fingerprint density at radius 3 is 2.84 bits per heavy atom. The molecule has 0 saturated heterocycles. The first kappa shape index (κ1) is 17.7. The molecule has 3 N–H and O–H groups in total. The first-order valence-corrected chi connectivity index (χ1v) is 5.56. The van der Waals surface area contributed by atoms with Crippen LogP contribution in [-0.2, 0) is 0 Å². The van der Waals surface area contributed by atoms with Crippen LogP contribution >= 0.6 is 24.8 Å². The van der Waals surface area contributed by atoms with Crippen LogP contribution in [-0.4, -0.2) is 24.0 Å². The highest BCUT2D eigenvalue weighted by Crippen LogP contribution is 2.17. The highest BCUT2D eigenvalue weighted by atomic mass is 35.5. The lowest BCUT2D eigenvalue weighted by Crippen LogP contribution is -2.25. The van der Waals surface area contributed by atoms with Crippen molar-refractivity contribution in [2.45, 2.75) is 13.3 Å². The molecule has 106 valence electrons. The minimum atomic E-state index is -0.228. The van der Waals surface area contributed by atoms with Gasteiger partial charge in [-0.25, -0.2) is 4.98 Å². The van der Waals surface area contributed by atoms with Crippen molar-refractivity contribution >= 4 is 41.8 Å². The SMILES string of the molecule is Cc1ccc2oc(C(=O)NCCCN)cc2n1.Cl.Cl. The molecule has 0 radical (unpaired) electrons. The first-order valence-electron chi connectivity index (χ1n) is 5.56. The summed E-state index contributed by atoms with van der Waals surface area (Å²) in [6, 6.07) is 5.32. The van der Waals surface area contributed by atoms with Gasteiger partial charge >= 0.3 is 0 Å². The number of hydrogen-bond donors (Lipinski definition) is 2. The second kappa shape index (κ2) is 7.99. The van der Waals surface area contributed by atoms with Crippen LogP contribution in [0.4, 0.5) is 0 Å². The van der Waals surface area contributed by atoms with Gasteiger partial charge in [-0.15, -0.1) is 24.8 Å². The molecule has 7 heteroatoms. The number of amides is 1. The Hall–Kier alpha value is -1.30. The van der Waals surface area contributed by atoms with E-state index in [2.05, 4.69) is 10.3 Å². The summed E-state index contributed by atoms with van der Waals surface area (Å²) in [6.45, 7) is 3.01. The second-order valence-electron chi connectivity index (χ2n) is 3.84. The van der Waals surface area contributed by atoms with Crippen LogP contribution < -0.4 is 11.1 Å². The summed E-state index contributed by atoms with van der Waals surface area (Å²) in [6.07, 6.45) is 0.753. The normalized spacial score (nSPS) is 9.58. The first-order chi connectivity index (χ1) is 8.20. The van der Waals surface area contributed by atoms with E-state index >= 15 is 0 Å². The molecule has 0 saturated carbocycles. The summed E-state index contributed by atoms with van der Waals surface area (Å²) in [7, 11) is 0. The molecule has 2 heterocycles. The van der Waals surface area contributed by atoms with E-state index in [9.17, 15) is 4.79 Å². The van der Waals surface area contributed by atoms with Crippen LogP contribution in [0.15, 0.2) is 22.6 Å². The minimum Gasteiger partial charge on any atom is -0.449 e. The van der Waals surface area contributed by atoms with Gasteiger partial charge < -0.3 is 15.5 Å². The number of aromatic nitrogens is 1. The molecular formula is C12H17Cl2N3O2. The molecule has 0 bridgehead atoms. The van der Waals surface area contributed by atoms with Gasteiger partial charge in [-0.1, -0.05) is 0 Å². The third-order valence-electron chi connectivity index (χ3n) is 2.40. The van der Waals surface area contributed by atoms with Crippen LogP contribution in [0.25, 0.3) is 11.1 Å². The van der Waals surface area contributed by atoms with Crippen molar-refractivity contribution in [1.82, 2.24) is 10.3 Å². The van der Waals surface area contributed by atoms with Gasteiger partial charge in [-0.05, 0) is 32.0 Å². The largest absolute Gasteiger partial charge is 0.449 e. The molecule has 0 atom stereocenters. The predicted molar refractivity (Wildman–Crippen MR) is 79.2 cm³/mol. The Morgan fingerprint density at radius 2 is 2.16 bits per heavy atom. The van der Waals surface area contributed by atoms with E-state index in [-0.39, 0.29) is 36.5 Å². The zero-order valence-corrected chi connectivity index (χ0v) is 12.1. The fourth-order valence-corrected chi connectivity index (χ4v) is 1.53. The molecule has 2 rings (SSSR count). The highest BCUT2D eigenvalue weighted by molar-refractivity contribution is 5.95. The lowest BCUT2D eigenvalue weighted by Gasteiger charge is -1.99. The third-order valence-corrected chi connectivity index (χ3v) is 2.40. The van der Waals surface area contributed by atoms with E-state index in [0.29, 0.717) is 24.2 Å². The standard InChI is InChI=1S/C12H15N3O2.2ClH/c1-8-3-4-10-9(15-8)7-11(17-10)12(16)14-6-2-5-13;;/h3-4,7H,2,5-6,13H2,1H3,(H,14,16);2*1H. The second-order valence-corrected chi connectivity index (χ2v) is 3.84. The molecule has 0 aliphatic carbocycles. The molecule has 2 aromatic heterocycles. The van der Waals surface area contributed by atoms with Gasteiger partial charge in [-0.3, -0.25) is 4.79 Å². The number of carbonyl (C=O) groups excluding carboxylic acids is 1. The maximum Gasteiger partial charge on any atom is 0.287 e. The van der Waals surface area contributed by atoms with Gasteiger partial charge in [0.2, 0.25) is 0 Å². The van der Waals surface area contributed by atoms with Crippen LogP contribution in [0.2, 0.25) is 0 Å². The number of rotatable bonds is 4. The van der Waals surface area contributed by atoms with E-state index in [1.807, 2.05) is 19.1 Å². The lowest BCUT2D eigenvalue weighted by molar-refractivity contribution is 0.0928. The zero-order chi connectivity index (χ0) is 12.3. The molecule has 0 aliphatic heterocycles. The van der Waals surface area contributed by atoms with Crippen molar-refractivity contribution < 1.29 is 9.21 Å². The van der Waals surface area contributed by atoms with Crippen molar-refractivity contribution in [2.24, 2.45) is 5.73 Å². The number of pyridine rings is 1. The lowest BCUT2D eigenvalue weighted by atomic mass is 10.3. The van der Waals surface area contributed by atoms with Crippen molar-refractivity contribution in [3.63, 3.8) is 0 Å². The van der Waals surface area contributed by atoms with E-state index in [0.717, 1.165) is 12.1 Å². The summed E-state index contributed by atoms with van der Waals surface area (Å²) in [5.74, 6) is 0.0595. The zero-order valence-electron chi connectivity index (χ0n) is 10.5. The van der Waals surface area contributed by atoms with E-state index in [1.165, 1.54) is 0 Å². The molecule has 2 aromatic rings. The van der Waals surface area contributed by atoms with Gasteiger partial charge in [0.1, 0.15) is 5.52 Å². The Morgan fingerprint density at radius 1 is 1.42 bits per heavy atom. The summed E-state index contributed by atoms with van der Waals surface area (Å²) in [5.41, 5.74) is 7.57. The molecule has 0 aromatic carbocycles. The van der Waals surface area contributed by atoms with Gasteiger partial charge in [-0.2, -0.15) is 0 Å². The molecule has 0 fully saturated rings. The number of halogens is 2. The Balaban J connectivity index is 0.00000162. The number of hydrogen-bond acceptors (Lipinski definition) is 4. The number of carbonyl (C=O) groups is 1. The summed E-state index contributed by atoms with van der Waals surface area (Å²) in [4.78, 5) is 16.0. The van der Waals surface area contributed by atoms with Crippen LogP contribution in [0.3, 0.4) is 0 Å². The smallest absolute Gasteiger partial charge is 0.287 e.